The maximum absolute atomic E-state index is 13.6. The van der Waals surface area contributed by atoms with Gasteiger partial charge in [-0.25, -0.2) is 9.67 Å². The third kappa shape index (κ3) is 4.54. The fourth-order valence-electron chi connectivity index (χ4n) is 3.91. The zero-order valence-corrected chi connectivity index (χ0v) is 19.8. The molecular formula is C28H22N4O2S. The highest BCUT2D eigenvalue weighted by Crippen LogP contribution is 2.33. The van der Waals surface area contributed by atoms with Crippen molar-refractivity contribution in [2.45, 2.75) is 13.5 Å². The van der Waals surface area contributed by atoms with E-state index < -0.39 is 11.5 Å². The van der Waals surface area contributed by atoms with Crippen LogP contribution < -0.4 is 10.9 Å². The number of benzene rings is 3. The summed E-state index contributed by atoms with van der Waals surface area (Å²) in [6.45, 7) is 2.17. The van der Waals surface area contributed by atoms with Crippen LogP contribution in [0.15, 0.2) is 101 Å². The number of hydrogen-bond donors (Lipinski definition) is 1. The van der Waals surface area contributed by atoms with E-state index in [4.69, 9.17) is 0 Å². The fourth-order valence-corrected chi connectivity index (χ4v) is 4.63. The van der Waals surface area contributed by atoms with Gasteiger partial charge in [0.15, 0.2) is 5.13 Å². The van der Waals surface area contributed by atoms with Crippen molar-refractivity contribution in [1.82, 2.24) is 14.8 Å². The van der Waals surface area contributed by atoms with E-state index in [2.05, 4.69) is 15.4 Å². The van der Waals surface area contributed by atoms with Crippen LogP contribution in [0.5, 0.6) is 0 Å². The molecule has 0 spiro atoms. The zero-order chi connectivity index (χ0) is 24.2. The number of rotatable bonds is 6. The topological polar surface area (TPSA) is 76.9 Å². The molecule has 1 amide bonds. The molecule has 0 radical (unpaired) electrons. The quantitative estimate of drug-likeness (QED) is 0.326. The molecule has 0 aliphatic carbocycles. The minimum Gasteiger partial charge on any atom is -0.298 e. The Kier molecular flexibility index (Phi) is 6.32. The second-order valence-electron chi connectivity index (χ2n) is 7.81. The molecule has 5 aromatic rings. The number of nitrogens with zero attached hydrogens (tertiary/aromatic N) is 3. The molecule has 6 nitrogen and oxygen atoms in total. The van der Waals surface area contributed by atoms with Crippen LogP contribution >= 0.6 is 11.3 Å². The normalized spacial score (nSPS) is 10.8. The van der Waals surface area contributed by atoms with Crippen molar-refractivity contribution in [1.29, 1.82) is 0 Å². The van der Waals surface area contributed by atoms with Crippen molar-refractivity contribution in [2.75, 3.05) is 5.32 Å². The van der Waals surface area contributed by atoms with Gasteiger partial charge in [0.2, 0.25) is 0 Å². The van der Waals surface area contributed by atoms with E-state index in [0.717, 1.165) is 22.4 Å². The molecular weight excluding hydrogens is 456 g/mol. The standard InChI is InChI=1S/C28H22N4O2S/c1-2-32-27(34)24(26(33)30-28-29-22(18-35-28)19-12-6-3-7-13-19)23(20-14-8-4-9-15-20)25(31-32)21-16-10-5-11-17-21/h3-18H,2H2,1H3,(H,29,30,33). The number of aromatic nitrogens is 3. The summed E-state index contributed by atoms with van der Waals surface area (Å²) in [5.41, 5.74) is 3.97. The molecule has 1 N–H and O–H groups in total. The zero-order valence-electron chi connectivity index (χ0n) is 19.0. The van der Waals surface area contributed by atoms with E-state index in [9.17, 15) is 9.59 Å². The predicted molar refractivity (Wildman–Crippen MR) is 141 cm³/mol. The Morgan fingerprint density at radius 1 is 0.857 bits per heavy atom. The molecule has 5 rings (SSSR count). The van der Waals surface area contributed by atoms with Crippen LogP contribution in [-0.2, 0) is 6.54 Å². The first kappa shape index (κ1) is 22.4. The van der Waals surface area contributed by atoms with E-state index in [1.165, 1.54) is 16.0 Å². The first-order valence-electron chi connectivity index (χ1n) is 11.2. The number of aryl methyl sites for hydroxylation is 1. The summed E-state index contributed by atoms with van der Waals surface area (Å²) in [5.74, 6) is -0.510. The summed E-state index contributed by atoms with van der Waals surface area (Å²) in [6.07, 6.45) is 0. The molecule has 0 bridgehead atoms. The van der Waals surface area contributed by atoms with Crippen LogP contribution in [0.2, 0.25) is 0 Å². The molecule has 2 aromatic heterocycles. The number of anilines is 1. The molecule has 172 valence electrons. The number of thiazole rings is 1. The first-order valence-corrected chi connectivity index (χ1v) is 12.1. The molecule has 0 aliphatic heterocycles. The highest BCUT2D eigenvalue weighted by Gasteiger charge is 2.25. The van der Waals surface area contributed by atoms with Crippen molar-refractivity contribution >= 4 is 22.4 Å². The lowest BCUT2D eigenvalue weighted by molar-refractivity contribution is 0.102. The van der Waals surface area contributed by atoms with E-state index >= 15 is 0 Å². The Labute approximate surface area is 206 Å². The van der Waals surface area contributed by atoms with Gasteiger partial charge in [-0.05, 0) is 12.5 Å². The lowest BCUT2D eigenvalue weighted by Gasteiger charge is -2.16. The molecule has 2 heterocycles. The monoisotopic (exact) mass is 478 g/mol. The van der Waals surface area contributed by atoms with Gasteiger partial charge < -0.3 is 0 Å². The Hall–Kier alpha value is -4.36. The van der Waals surface area contributed by atoms with E-state index in [1.54, 1.807) is 0 Å². The lowest BCUT2D eigenvalue weighted by Crippen LogP contribution is -2.32. The van der Waals surface area contributed by atoms with Crippen molar-refractivity contribution in [2.24, 2.45) is 0 Å². The van der Waals surface area contributed by atoms with Gasteiger partial charge in [0, 0.05) is 28.6 Å². The van der Waals surface area contributed by atoms with Gasteiger partial charge in [-0.15, -0.1) is 11.3 Å². The fraction of sp³-hybridized carbons (Fsp3) is 0.0714. The van der Waals surface area contributed by atoms with Gasteiger partial charge in [0.1, 0.15) is 5.56 Å². The van der Waals surface area contributed by atoms with Crippen LogP contribution in [0.3, 0.4) is 0 Å². The number of carbonyl (C=O) groups is 1. The number of nitrogens with one attached hydrogen (secondary N) is 1. The summed E-state index contributed by atoms with van der Waals surface area (Å²) in [4.78, 5) is 31.7. The largest absolute Gasteiger partial charge is 0.298 e. The molecule has 0 atom stereocenters. The van der Waals surface area contributed by atoms with E-state index in [1.807, 2.05) is 103 Å². The SMILES string of the molecule is CCn1nc(-c2ccccc2)c(-c2ccccc2)c(C(=O)Nc2nc(-c3ccccc3)cs2)c1=O. The Morgan fingerprint density at radius 2 is 1.43 bits per heavy atom. The van der Waals surface area contributed by atoms with Crippen LogP contribution in [0.25, 0.3) is 33.6 Å². The maximum Gasteiger partial charge on any atom is 0.280 e. The van der Waals surface area contributed by atoms with E-state index in [-0.39, 0.29) is 5.56 Å². The molecule has 0 fully saturated rings. The van der Waals surface area contributed by atoms with Crippen LogP contribution in [0, 0.1) is 0 Å². The minimum atomic E-state index is -0.510. The smallest absolute Gasteiger partial charge is 0.280 e. The Morgan fingerprint density at radius 3 is 2.03 bits per heavy atom. The van der Waals surface area contributed by atoms with E-state index in [0.29, 0.717) is 22.9 Å². The molecule has 0 unspecified atom stereocenters. The average Bonchev–Trinajstić information content (AvgIpc) is 3.38. The summed E-state index contributed by atoms with van der Waals surface area (Å²) >= 11 is 1.32. The number of amides is 1. The van der Waals surface area contributed by atoms with Crippen molar-refractivity contribution < 1.29 is 4.79 Å². The number of hydrogen-bond acceptors (Lipinski definition) is 5. The van der Waals surface area contributed by atoms with Gasteiger partial charge in [-0.1, -0.05) is 91.0 Å². The highest BCUT2D eigenvalue weighted by atomic mass is 32.1. The van der Waals surface area contributed by atoms with Gasteiger partial charge >= 0.3 is 0 Å². The number of carbonyl (C=O) groups excluding carboxylic acids is 1. The second kappa shape index (κ2) is 9.87. The van der Waals surface area contributed by atoms with Crippen molar-refractivity contribution in [3.63, 3.8) is 0 Å². The van der Waals surface area contributed by atoms with Crippen molar-refractivity contribution in [3.05, 3.63) is 112 Å². The molecule has 0 saturated carbocycles. The third-order valence-electron chi connectivity index (χ3n) is 5.59. The first-order chi connectivity index (χ1) is 17.2. The van der Waals surface area contributed by atoms with Crippen LogP contribution in [0.1, 0.15) is 17.3 Å². The Balaban J connectivity index is 1.64. The van der Waals surface area contributed by atoms with Gasteiger partial charge in [-0.3, -0.25) is 14.9 Å². The molecule has 0 aliphatic rings. The average molecular weight is 479 g/mol. The molecule has 7 heteroatoms. The highest BCUT2D eigenvalue weighted by molar-refractivity contribution is 7.14. The second-order valence-corrected chi connectivity index (χ2v) is 8.67. The Bertz CT molecular complexity index is 1530. The summed E-state index contributed by atoms with van der Waals surface area (Å²) in [5, 5.41) is 9.81. The maximum atomic E-state index is 13.6. The van der Waals surface area contributed by atoms with Gasteiger partial charge in [0.25, 0.3) is 11.5 Å². The van der Waals surface area contributed by atoms with Crippen molar-refractivity contribution in [3.8, 4) is 33.6 Å². The van der Waals surface area contributed by atoms with Crippen LogP contribution in [-0.4, -0.2) is 20.7 Å². The summed E-state index contributed by atoms with van der Waals surface area (Å²) in [6, 6.07) is 28.7. The summed E-state index contributed by atoms with van der Waals surface area (Å²) in [7, 11) is 0. The molecule has 35 heavy (non-hydrogen) atoms. The predicted octanol–water partition coefficient (Wildman–Crippen LogP) is 5.97. The summed E-state index contributed by atoms with van der Waals surface area (Å²) < 4.78 is 1.33. The molecule has 0 saturated heterocycles. The van der Waals surface area contributed by atoms with Gasteiger partial charge in [-0.2, -0.15) is 5.10 Å². The van der Waals surface area contributed by atoms with Gasteiger partial charge in [0.05, 0.1) is 11.4 Å². The van der Waals surface area contributed by atoms with Crippen LogP contribution in [0.4, 0.5) is 5.13 Å². The molecule has 3 aromatic carbocycles. The lowest BCUT2D eigenvalue weighted by atomic mass is 9.95. The third-order valence-corrected chi connectivity index (χ3v) is 6.34. The minimum absolute atomic E-state index is 0.0448.